The van der Waals surface area contributed by atoms with Gasteiger partial charge in [-0.3, -0.25) is 0 Å². The molecule has 1 heterocycles. The summed E-state index contributed by atoms with van der Waals surface area (Å²) in [5, 5.41) is 17.3. The van der Waals surface area contributed by atoms with Crippen LogP contribution in [0.5, 0.6) is 0 Å². The Morgan fingerprint density at radius 3 is 2.81 bits per heavy atom. The maximum Gasteiger partial charge on any atom is 0.276 e. The predicted molar refractivity (Wildman–Crippen MR) is 83.0 cm³/mol. The Labute approximate surface area is 129 Å². The Morgan fingerprint density at radius 1 is 1.24 bits per heavy atom. The fraction of sp³-hybridized carbons (Fsp3) is 0.438. The number of nitrogens with zero attached hydrogens (tertiary/aromatic N) is 3. The maximum atomic E-state index is 8.47. The minimum atomic E-state index is 0.361. The van der Waals surface area contributed by atoms with Gasteiger partial charge in [-0.25, -0.2) is 0 Å². The van der Waals surface area contributed by atoms with Gasteiger partial charge in [0.2, 0.25) is 5.89 Å². The molecule has 0 amide bonds. The molecule has 0 N–H and O–H groups in total. The molecule has 1 aromatic carbocycles. The number of rotatable bonds is 8. The maximum absolute atomic E-state index is 8.47. The third kappa shape index (κ3) is 5.24. The van der Waals surface area contributed by atoms with Crippen LogP contribution in [-0.2, 0) is 6.42 Å². The fourth-order valence-electron chi connectivity index (χ4n) is 2.01. The van der Waals surface area contributed by atoms with Gasteiger partial charge in [-0.05, 0) is 24.3 Å². The van der Waals surface area contributed by atoms with Crippen molar-refractivity contribution in [2.45, 2.75) is 43.7 Å². The van der Waals surface area contributed by atoms with Gasteiger partial charge in [0, 0.05) is 18.6 Å². The Hall–Kier alpha value is -1.80. The zero-order chi connectivity index (χ0) is 14.9. The highest BCUT2D eigenvalue weighted by atomic mass is 32.2. The number of thioether (sulfide) groups is 1. The highest BCUT2D eigenvalue weighted by Crippen LogP contribution is 2.22. The van der Waals surface area contributed by atoms with Crippen LogP contribution in [0.1, 0.15) is 43.6 Å². The van der Waals surface area contributed by atoms with E-state index in [-0.39, 0.29) is 0 Å². The van der Waals surface area contributed by atoms with E-state index in [9.17, 15) is 0 Å². The summed E-state index contributed by atoms with van der Waals surface area (Å²) in [6.07, 6.45) is 3.29. The van der Waals surface area contributed by atoms with E-state index in [0.29, 0.717) is 23.5 Å². The van der Waals surface area contributed by atoms with Gasteiger partial charge < -0.3 is 4.42 Å². The van der Waals surface area contributed by atoms with Crippen molar-refractivity contribution in [1.82, 2.24) is 10.2 Å². The second-order valence-electron chi connectivity index (χ2n) is 4.94. The molecule has 0 bridgehead atoms. The van der Waals surface area contributed by atoms with Crippen LogP contribution in [-0.4, -0.2) is 16.0 Å². The molecule has 0 fully saturated rings. The lowest BCUT2D eigenvalue weighted by atomic mass is 9.98. The Morgan fingerprint density at radius 2 is 2.05 bits per heavy atom. The predicted octanol–water partition coefficient (Wildman–Crippen LogP) is 4.20. The molecule has 21 heavy (non-hydrogen) atoms. The third-order valence-corrected chi connectivity index (χ3v) is 4.11. The standard InChI is InChI=1S/C16H19N3OS/c1-13(14-8-4-2-5-9-14)12-15-18-19-16(20-15)21-11-7-3-6-10-17/h2,4-5,8-9,13H,3,6-7,11-12H2,1H3. The van der Waals surface area contributed by atoms with E-state index in [2.05, 4.69) is 35.3 Å². The number of nitriles is 1. The summed E-state index contributed by atoms with van der Waals surface area (Å²) in [5.74, 6) is 1.96. The van der Waals surface area contributed by atoms with Gasteiger partial charge in [-0.15, -0.1) is 10.2 Å². The van der Waals surface area contributed by atoms with Gasteiger partial charge >= 0.3 is 0 Å². The quantitative estimate of drug-likeness (QED) is 0.540. The number of hydrogen-bond donors (Lipinski definition) is 0. The molecule has 0 radical (unpaired) electrons. The van der Waals surface area contributed by atoms with E-state index in [1.165, 1.54) is 5.56 Å². The molecular weight excluding hydrogens is 282 g/mol. The van der Waals surface area contributed by atoms with Gasteiger partial charge in [-0.2, -0.15) is 5.26 Å². The van der Waals surface area contributed by atoms with Crippen molar-refractivity contribution < 1.29 is 4.42 Å². The summed E-state index contributed by atoms with van der Waals surface area (Å²) in [7, 11) is 0. The molecule has 4 nitrogen and oxygen atoms in total. The van der Waals surface area contributed by atoms with E-state index in [1.807, 2.05) is 18.2 Å². The van der Waals surface area contributed by atoms with E-state index in [4.69, 9.17) is 9.68 Å². The molecule has 5 heteroatoms. The van der Waals surface area contributed by atoms with E-state index in [0.717, 1.165) is 25.0 Å². The minimum Gasteiger partial charge on any atom is -0.416 e. The van der Waals surface area contributed by atoms with Crippen molar-refractivity contribution in [1.29, 1.82) is 5.26 Å². The smallest absolute Gasteiger partial charge is 0.276 e. The summed E-state index contributed by atoms with van der Waals surface area (Å²) >= 11 is 1.56. The number of aromatic nitrogens is 2. The average Bonchev–Trinajstić information content (AvgIpc) is 2.95. The first-order valence-corrected chi connectivity index (χ1v) is 8.15. The van der Waals surface area contributed by atoms with Crippen LogP contribution in [0.15, 0.2) is 40.0 Å². The van der Waals surface area contributed by atoms with Crippen LogP contribution >= 0.6 is 11.8 Å². The lowest BCUT2D eigenvalue weighted by Gasteiger charge is -2.08. The van der Waals surface area contributed by atoms with E-state index >= 15 is 0 Å². The first-order valence-electron chi connectivity index (χ1n) is 7.16. The van der Waals surface area contributed by atoms with Crippen molar-refractivity contribution in [3.8, 4) is 6.07 Å². The molecule has 110 valence electrons. The Balaban J connectivity index is 1.79. The van der Waals surface area contributed by atoms with Gasteiger partial charge in [0.15, 0.2) is 0 Å². The summed E-state index contributed by atoms with van der Waals surface area (Å²) in [5.41, 5.74) is 1.28. The van der Waals surface area contributed by atoms with Crippen LogP contribution < -0.4 is 0 Å². The van der Waals surface area contributed by atoms with Gasteiger partial charge in [0.25, 0.3) is 5.22 Å². The highest BCUT2D eigenvalue weighted by molar-refractivity contribution is 7.99. The molecule has 0 saturated carbocycles. The molecule has 1 unspecified atom stereocenters. The third-order valence-electron chi connectivity index (χ3n) is 3.21. The number of unbranched alkanes of at least 4 members (excludes halogenated alkanes) is 2. The Kier molecular flexibility index (Phi) is 6.29. The number of benzene rings is 1. The highest BCUT2D eigenvalue weighted by Gasteiger charge is 2.12. The van der Waals surface area contributed by atoms with Gasteiger partial charge in [0.1, 0.15) is 0 Å². The second kappa shape index (κ2) is 8.48. The molecule has 1 aromatic heterocycles. The molecule has 0 aliphatic heterocycles. The molecule has 2 aromatic rings. The van der Waals surface area contributed by atoms with Crippen molar-refractivity contribution in [3.05, 3.63) is 41.8 Å². The molecule has 1 atom stereocenters. The summed E-state index contributed by atoms with van der Waals surface area (Å²) < 4.78 is 5.66. The summed E-state index contributed by atoms with van der Waals surface area (Å²) in [6.45, 7) is 2.16. The molecular formula is C16H19N3OS. The van der Waals surface area contributed by atoms with Crippen LogP contribution in [0.2, 0.25) is 0 Å². The lowest BCUT2D eigenvalue weighted by molar-refractivity contribution is 0.404. The van der Waals surface area contributed by atoms with E-state index < -0.39 is 0 Å². The van der Waals surface area contributed by atoms with Gasteiger partial charge in [0.05, 0.1) is 6.07 Å². The zero-order valence-corrected chi connectivity index (χ0v) is 13.0. The first kappa shape index (κ1) is 15.6. The van der Waals surface area contributed by atoms with E-state index in [1.54, 1.807) is 11.8 Å². The monoisotopic (exact) mass is 301 g/mol. The molecule has 0 aliphatic carbocycles. The normalized spacial score (nSPS) is 12.0. The van der Waals surface area contributed by atoms with Crippen molar-refractivity contribution in [2.24, 2.45) is 0 Å². The first-order chi connectivity index (χ1) is 10.3. The van der Waals surface area contributed by atoms with Crippen LogP contribution in [0.25, 0.3) is 0 Å². The summed E-state index contributed by atoms with van der Waals surface area (Å²) in [6, 6.07) is 12.5. The zero-order valence-electron chi connectivity index (χ0n) is 12.2. The number of hydrogen-bond acceptors (Lipinski definition) is 5. The minimum absolute atomic E-state index is 0.361. The van der Waals surface area contributed by atoms with Crippen molar-refractivity contribution >= 4 is 11.8 Å². The average molecular weight is 301 g/mol. The van der Waals surface area contributed by atoms with Crippen molar-refractivity contribution in [2.75, 3.05) is 5.75 Å². The van der Waals surface area contributed by atoms with Gasteiger partial charge in [-0.1, -0.05) is 49.0 Å². The van der Waals surface area contributed by atoms with Crippen LogP contribution in [0, 0.1) is 11.3 Å². The molecule has 2 rings (SSSR count). The van der Waals surface area contributed by atoms with Crippen molar-refractivity contribution in [3.63, 3.8) is 0 Å². The molecule has 0 spiro atoms. The lowest BCUT2D eigenvalue weighted by Crippen LogP contribution is -1.98. The van der Waals surface area contributed by atoms with Crippen LogP contribution in [0.4, 0.5) is 0 Å². The topological polar surface area (TPSA) is 62.7 Å². The second-order valence-corrected chi connectivity index (χ2v) is 5.99. The summed E-state index contributed by atoms with van der Waals surface area (Å²) in [4.78, 5) is 0. The SMILES string of the molecule is CC(Cc1nnc(SCCCCC#N)o1)c1ccccc1. The molecule has 0 saturated heterocycles. The molecule has 0 aliphatic rings. The van der Waals surface area contributed by atoms with Crippen LogP contribution in [0.3, 0.4) is 0 Å². The Bertz CT molecular complexity index is 577. The largest absolute Gasteiger partial charge is 0.416 e. The fourth-order valence-corrected chi connectivity index (χ4v) is 2.78.